The fourth-order valence-electron chi connectivity index (χ4n) is 6.62. The Morgan fingerprint density at radius 3 is 1.89 bits per heavy atom. The maximum Gasteiger partial charge on any atom is 0.308 e. The van der Waals surface area contributed by atoms with Gasteiger partial charge in [0.25, 0.3) is 0 Å². The summed E-state index contributed by atoms with van der Waals surface area (Å²) in [7, 11) is 0. The lowest BCUT2D eigenvalue weighted by Gasteiger charge is -2.40. The van der Waals surface area contributed by atoms with Gasteiger partial charge in [-0.15, -0.1) is 0 Å². The first kappa shape index (κ1) is 57.6. The predicted molar refractivity (Wildman–Crippen MR) is 235 cm³/mol. The lowest BCUT2D eigenvalue weighted by Crippen LogP contribution is -2.61. The van der Waals surface area contributed by atoms with E-state index < -0.39 is 123 Å². The maximum absolute atomic E-state index is 12.3. The van der Waals surface area contributed by atoms with E-state index in [1.807, 2.05) is 32.1 Å². The highest BCUT2D eigenvalue weighted by molar-refractivity contribution is 5.70. The van der Waals surface area contributed by atoms with E-state index in [4.69, 9.17) is 19.9 Å². The van der Waals surface area contributed by atoms with E-state index in [-0.39, 0.29) is 51.6 Å². The number of carboxylic acids is 1. The molecule has 1 saturated heterocycles. The highest BCUT2D eigenvalue weighted by Crippen LogP contribution is 2.27. The molecule has 17 nitrogen and oxygen atoms in total. The Labute approximate surface area is 371 Å². The number of esters is 1. The Balaban J connectivity index is 0.00000977. The van der Waals surface area contributed by atoms with Crippen molar-refractivity contribution in [2.75, 3.05) is 6.61 Å². The average molecular weight is 898 g/mol. The molecule has 63 heavy (non-hydrogen) atoms. The lowest BCUT2D eigenvalue weighted by atomic mass is 9.90. The number of carboxylic acid groups (broad SMARTS) is 1. The van der Waals surface area contributed by atoms with Gasteiger partial charge in [0.2, 0.25) is 0 Å². The van der Waals surface area contributed by atoms with E-state index in [1.165, 1.54) is 0 Å². The standard InChI is InChI=1S/C44H69NO16.C2H6/c1-29-40(53)39(45)41(54)43(60-29)61-35-16-14-12-10-8-6-4-2-3-5-7-9-11-13-15-31(46)22-24-59-38(52)27-33(48)25-32(47)18-20-36(50)37(51)26-34(49)28-44(57,58)23-21-30(17-19-35)42(55)56;1-2/h2-14,16,29-37,39-41,43,46-51,53-54,57-58H,15,17-28,45H2,1H3,(H,55,56);1-2H3/b4-2+,5-3+,8-6+,9-7+,12-10+,13-11+,16-14+;/t29?,30-,31+,32+,33+,34-,35-,36+,37+,39?,40?,41?,43?;/m0./s1. The molecule has 360 valence electrons. The molecule has 0 aromatic rings. The van der Waals surface area contributed by atoms with Crippen molar-refractivity contribution in [3.63, 3.8) is 0 Å². The Morgan fingerprint density at radius 1 is 0.698 bits per heavy atom. The summed E-state index contributed by atoms with van der Waals surface area (Å²) in [6.07, 6.45) is 9.58. The Bertz CT molecular complexity index is 1480. The minimum absolute atomic E-state index is 0.00950. The van der Waals surface area contributed by atoms with Gasteiger partial charge in [-0.3, -0.25) is 9.59 Å². The molecule has 2 heterocycles. The number of allylic oxidation sites excluding steroid dienone is 12. The van der Waals surface area contributed by atoms with Crippen molar-refractivity contribution in [3.8, 4) is 0 Å². The van der Waals surface area contributed by atoms with E-state index >= 15 is 0 Å². The maximum atomic E-state index is 12.3. The molecule has 0 saturated carbocycles. The minimum atomic E-state index is -2.54. The molecule has 13 N–H and O–H groups in total. The molecular weight excluding hydrogens is 822 g/mol. The van der Waals surface area contributed by atoms with Crippen molar-refractivity contribution in [1.82, 2.24) is 0 Å². The number of rotatable bonds is 3. The van der Waals surface area contributed by atoms with Crippen LogP contribution in [0.15, 0.2) is 85.1 Å². The molecule has 0 aliphatic carbocycles. The number of aliphatic carboxylic acids is 1. The molecule has 13 atom stereocenters. The number of hydrogen-bond acceptors (Lipinski definition) is 16. The number of ether oxygens (including phenoxy) is 3. The fraction of sp³-hybridized carbons (Fsp3) is 0.652. The van der Waals surface area contributed by atoms with Gasteiger partial charge < -0.3 is 76.1 Å². The quantitative estimate of drug-likeness (QED) is 0.142. The second-order valence-electron chi connectivity index (χ2n) is 15.8. The monoisotopic (exact) mass is 898 g/mol. The summed E-state index contributed by atoms with van der Waals surface area (Å²) in [6, 6.07) is -1.06. The smallest absolute Gasteiger partial charge is 0.308 e. The van der Waals surface area contributed by atoms with Crippen molar-refractivity contribution in [1.29, 1.82) is 0 Å². The van der Waals surface area contributed by atoms with Crippen LogP contribution in [-0.2, 0) is 23.8 Å². The van der Waals surface area contributed by atoms with Crippen LogP contribution < -0.4 is 5.73 Å². The van der Waals surface area contributed by atoms with Gasteiger partial charge in [-0.2, -0.15) is 0 Å². The van der Waals surface area contributed by atoms with Gasteiger partial charge in [-0.25, -0.2) is 0 Å². The van der Waals surface area contributed by atoms with Gasteiger partial charge in [0.05, 0.1) is 79.9 Å². The van der Waals surface area contributed by atoms with Crippen LogP contribution in [0.5, 0.6) is 0 Å². The van der Waals surface area contributed by atoms with Crippen LogP contribution in [0, 0.1) is 5.92 Å². The van der Waals surface area contributed by atoms with Crippen LogP contribution in [0.4, 0.5) is 0 Å². The molecule has 0 aromatic carbocycles. The molecular formula is C46H75NO16. The summed E-state index contributed by atoms with van der Waals surface area (Å²) in [4.78, 5) is 24.4. The van der Waals surface area contributed by atoms with E-state index in [0.717, 1.165) is 0 Å². The number of carbonyl (C=O) groups excluding carboxylic acids is 1. The van der Waals surface area contributed by atoms with E-state index in [9.17, 15) is 65.8 Å². The van der Waals surface area contributed by atoms with Crippen LogP contribution in [-0.4, -0.2) is 154 Å². The number of aliphatic hydroxyl groups is 10. The third-order valence-electron chi connectivity index (χ3n) is 10.3. The fourth-order valence-corrected chi connectivity index (χ4v) is 6.62. The Morgan fingerprint density at radius 2 is 1.29 bits per heavy atom. The van der Waals surface area contributed by atoms with Crippen molar-refractivity contribution in [2.24, 2.45) is 11.7 Å². The molecule has 0 bridgehead atoms. The first-order valence-electron chi connectivity index (χ1n) is 21.9. The van der Waals surface area contributed by atoms with Crippen molar-refractivity contribution >= 4 is 11.9 Å². The highest BCUT2D eigenvalue weighted by Gasteiger charge is 2.42. The van der Waals surface area contributed by atoms with Gasteiger partial charge >= 0.3 is 11.9 Å². The Hall–Kier alpha value is -3.40. The molecule has 0 spiro atoms. The molecule has 17 heteroatoms. The van der Waals surface area contributed by atoms with Gasteiger partial charge in [0.15, 0.2) is 12.1 Å². The van der Waals surface area contributed by atoms with Crippen LogP contribution in [0.1, 0.15) is 97.8 Å². The predicted octanol–water partition coefficient (Wildman–Crippen LogP) is 1.87. The number of aliphatic hydroxyl groups excluding tert-OH is 8. The topological polar surface area (TPSA) is 310 Å². The van der Waals surface area contributed by atoms with Crippen molar-refractivity contribution < 1.29 is 80.0 Å². The highest BCUT2D eigenvalue weighted by atomic mass is 16.7. The number of cyclic esters (lactones) is 1. The molecule has 1 fully saturated rings. The largest absolute Gasteiger partial charge is 0.481 e. The molecule has 2 aliphatic heterocycles. The van der Waals surface area contributed by atoms with Gasteiger partial charge in [0.1, 0.15) is 6.10 Å². The Kier molecular flexibility index (Phi) is 29.5. The van der Waals surface area contributed by atoms with Crippen molar-refractivity contribution in [2.45, 2.75) is 177 Å². The first-order valence-corrected chi connectivity index (χ1v) is 21.9. The van der Waals surface area contributed by atoms with Gasteiger partial charge in [0, 0.05) is 25.7 Å². The summed E-state index contributed by atoms with van der Waals surface area (Å²) < 4.78 is 16.8. The van der Waals surface area contributed by atoms with E-state index in [2.05, 4.69) is 0 Å². The zero-order chi connectivity index (χ0) is 47.4. The molecule has 2 rings (SSSR count). The molecule has 0 radical (unpaired) electrons. The van der Waals surface area contributed by atoms with Crippen molar-refractivity contribution in [3.05, 3.63) is 85.1 Å². The minimum Gasteiger partial charge on any atom is -0.481 e. The summed E-state index contributed by atoms with van der Waals surface area (Å²) in [5.41, 5.74) is 5.97. The third kappa shape index (κ3) is 25.6. The zero-order valence-corrected chi connectivity index (χ0v) is 36.8. The van der Waals surface area contributed by atoms with E-state index in [0.29, 0.717) is 6.42 Å². The SMILES string of the molecule is CC.CC1OC(O[C@H]2/C=C/C=C/C=C/C=C/C=C/C=C/C=C/C[C@@H](O)CCOC(=O)C[C@H](O)C[C@H](O)CC[C@@H](O)[C@H](O)C[C@H](O)CC(O)(O)CC[C@@H](C(=O)O)CC2)C(O)C(N)C1O. The number of carbonyl (C=O) groups is 2. The molecule has 0 aromatic heterocycles. The number of hydrogen-bond donors (Lipinski definition) is 12. The van der Waals surface area contributed by atoms with Crippen LogP contribution in [0.3, 0.4) is 0 Å². The van der Waals surface area contributed by atoms with E-state index in [1.54, 1.807) is 73.8 Å². The summed E-state index contributed by atoms with van der Waals surface area (Å²) in [6.45, 7) is 5.50. The summed E-state index contributed by atoms with van der Waals surface area (Å²) >= 11 is 0. The van der Waals surface area contributed by atoms with Crippen LogP contribution in [0.2, 0.25) is 0 Å². The molecule has 2 aliphatic rings. The average Bonchev–Trinajstić information content (AvgIpc) is 3.21. The van der Waals surface area contributed by atoms with Gasteiger partial charge in [-0.1, -0.05) is 98.9 Å². The molecule has 5 unspecified atom stereocenters. The second kappa shape index (κ2) is 32.3. The van der Waals surface area contributed by atoms with Crippen LogP contribution in [0.25, 0.3) is 0 Å². The molecule has 0 amide bonds. The van der Waals surface area contributed by atoms with Gasteiger partial charge in [-0.05, 0) is 51.9 Å². The summed E-state index contributed by atoms with van der Waals surface area (Å²) in [5, 5.41) is 114. The number of nitrogens with two attached hydrogens (primary N) is 1. The zero-order valence-electron chi connectivity index (χ0n) is 36.8. The van der Waals surface area contributed by atoms with Crippen LogP contribution >= 0.6 is 0 Å². The third-order valence-corrected chi connectivity index (χ3v) is 10.3. The first-order chi connectivity index (χ1) is 29.9. The normalized spacial score (nSPS) is 38.3. The second-order valence-corrected chi connectivity index (χ2v) is 15.8. The summed E-state index contributed by atoms with van der Waals surface area (Å²) in [5.74, 6) is -5.57. The lowest BCUT2D eigenvalue weighted by molar-refractivity contribution is -0.276.